The van der Waals surface area contributed by atoms with Crippen molar-refractivity contribution in [2.45, 2.75) is 26.7 Å². The van der Waals surface area contributed by atoms with Crippen LogP contribution in [0.2, 0.25) is 5.02 Å². The molecule has 0 saturated carbocycles. The Morgan fingerprint density at radius 3 is 2.38 bits per heavy atom. The lowest BCUT2D eigenvalue weighted by molar-refractivity contribution is -0.121. The van der Waals surface area contributed by atoms with Crippen LogP contribution in [0.1, 0.15) is 34.3 Å². The Labute approximate surface area is 159 Å². The largest absolute Gasteiger partial charge is 0.338 e. The molecule has 1 heterocycles. The smallest absolute Gasteiger partial charge is 0.253 e. The first kappa shape index (κ1) is 18.5. The van der Waals surface area contributed by atoms with Crippen LogP contribution in [0.5, 0.6) is 0 Å². The van der Waals surface area contributed by atoms with E-state index in [1.54, 1.807) is 29.2 Å². The Morgan fingerprint density at radius 2 is 1.73 bits per heavy atom. The van der Waals surface area contributed by atoms with Gasteiger partial charge in [0.2, 0.25) is 5.91 Å². The van der Waals surface area contributed by atoms with Gasteiger partial charge in [-0.25, -0.2) is 0 Å². The molecule has 1 atom stereocenters. The number of carbonyl (C=O) groups is 2. The fourth-order valence-corrected chi connectivity index (χ4v) is 3.56. The van der Waals surface area contributed by atoms with Gasteiger partial charge in [-0.15, -0.1) is 0 Å². The summed E-state index contributed by atoms with van der Waals surface area (Å²) in [5, 5.41) is 3.55. The van der Waals surface area contributed by atoms with Crippen molar-refractivity contribution in [3.05, 3.63) is 64.2 Å². The van der Waals surface area contributed by atoms with E-state index in [1.165, 1.54) is 0 Å². The quantitative estimate of drug-likeness (QED) is 0.867. The minimum Gasteiger partial charge on any atom is -0.338 e. The van der Waals surface area contributed by atoms with Crippen LogP contribution < -0.4 is 5.32 Å². The lowest BCUT2D eigenvalue weighted by Crippen LogP contribution is -2.43. The summed E-state index contributed by atoms with van der Waals surface area (Å²) in [6.45, 7) is 5.12. The van der Waals surface area contributed by atoms with E-state index < -0.39 is 0 Å². The fourth-order valence-electron chi connectivity index (χ4n) is 3.43. The summed E-state index contributed by atoms with van der Waals surface area (Å²) in [7, 11) is 0. The number of hydrogen-bond acceptors (Lipinski definition) is 2. The molecule has 2 aromatic rings. The number of carbonyl (C=O) groups excluding carboxylic acids is 2. The van der Waals surface area contributed by atoms with Crippen molar-refractivity contribution >= 4 is 29.1 Å². The lowest BCUT2D eigenvalue weighted by Gasteiger charge is -2.32. The van der Waals surface area contributed by atoms with Gasteiger partial charge in [0.05, 0.1) is 5.92 Å². The molecule has 4 nitrogen and oxygen atoms in total. The minimum atomic E-state index is -0.200. The topological polar surface area (TPSA) is 49.4 Å². The molecule has 1 aliphatic rings. The van der Waals surface area contributed by atoms with E-state index in [1.807, 2.05) is 26.0 Å². The highest BCUT2D eigenvalue weighted by molar-refractivity contribution is 6.30. The predicted molar refractivity (Wildman–Crippen MR) is 105 cm³/mol. The van der Waals surface area contributed by atoms with E-state index in [4.69, 9.17) is 11.6 Å². The number of rotatable bonds is 3. The number of aryl methyl sites for hydroxylation is 2. The number of piperidine rings is 1. The predicted octanol–water partition coefficient (Wildman–Crippen LogP) is 4.45. The molecule has 2 aromatic carbocycles. The second-order valence-corrected chi connectivity index (χ2v) is 7.40. The first-order valence-electron chi connectivity index (χ1n) is 8.86. The van der Waals surface area contributed by atoms with Gasteiger partial charge in [-0.1, -0.05) is 28.8 Å². The number of benzene rings is 2. The summed E-state index contributed by atoms with van der Waals surface area (Å²) < 4.78 is 0. The highest BCUT2D eigenvalue weighted by atomic mass is 35.5. The maximum absolute atomic E-state index is 12.8. The SMILES string of the molecule is Cc1cc(C)cc(C(=O)N2CCCC(C(=O)Nc3ccc(Cl)cc3)C2)c1. The van der Waals surface area contributed by atoms with Crippen molar-refractivity contribution in [3.8, 4) is 0 Å². The zero-order valence-corrected chi connectivity index (χ0v) is 15.8. The molecule has 0 aromatic heterocycles. The van der Waals surface area contributed by atoms with Crippen LogP contribution in [0.4, 0.5) is 5.69 Å². The highest BCUT2D eigenvalue weighted by Gasteiger charge is 2.29. The lowest BCUT2D eigenvalue weighted by atomic mass is 9.96. The summed E-state index contributed by atoms with van der Waals surface area (Å²) >= 11 is 5.87. The molecule has 0 bridgehead atoms. The zero-order valence-electron chi connectivity index (χ0n) is 15.1. The average Bonchev–Trinajstić information content (AvgIpc) is 2.62. The van der Waals surface area contributed by atoms with Crippen LogP contribution >= 0.6 is 11.6 Å². The van der Waals surface area contributed by atoms with Gasteiger partial charge < -0.3 is 10.2 Å². The van der Waals surface area contributed by atoms with E-state index in [9.17, 15) is 9.59 Å². The Hall–Kier alpha value is -2.33. The van der Waals surface area contributed by atoms with Crippen molar-refractivity contribution in [2.24, 2.45) is 5.92 Å². The van der Waals surface area contributed by atoms with E-state index in [0.29, 0.717) is 23.7 Å². The number of likely N-dealkylation sites (tertiary alicyclic amines) is 1. The van der Waals surface area contributed by atoms with Crippen LogP contribution in [-0.4, -0.2) is 29.8 Å². The second-order valence-electron chi connectivity index (χ2n) is 6.96. The van der Waals surface area contributed by atoms with Crippen molar-refractivity contribution in [2.75, 3.05) is 18.4 Å². The van der Waals surface area contributed by atoms with Gasteiger partial charge in [0.1, 0.15) is 0 Å². The van der Waals surface area contributed by atoms with E-state index >= 15 is 0 Å². The van der Waals surface area contributed by atoms with Gasteiger partial charge in [-0.05, 0) is 63.1 Å². The molecule has 3 rings (SSSR count). The Balaban J connectivity index is 1.67. The summed E-state index contributed by atoms with van der Waals surface area (Å²) in [6, 6.07) is 12.9. The summed E-state index contributed by atoms with van der Waals surface area (Å²) in [6.07, 6.45) is 1.62. The van der Waals surface area contributed by atoms with Crippen LogP contribution in [0.3, 0.4) is 0 Å². The van der Waals surface area contributed by atoms with Crippen molar-refractivity contribution < 1.29 is 9.59 Å². The van der Waals surface area contributed by atoms with Crippen molar-refractivity contribution in [3.63, 3.8) is 0 Å². The number of nitrogens with one attached hydrogen (secondary N) is 1. The van der Waals surface area contributed by atoms with E-state index in [2.05, 4.69) is 11.4 Å². The third-order valence-electron chi connectivity index (χ3n) is 4.66. The van der Waals surface area contributed by atoms with Gasteiger partial charge in [0.25, 0.3) is 5.91 Å². The summed E-state index contributed by atoms with van der Waals surface area (Å²) in [5.41, 5.74) is 3.56. The van der Waals surface area contributed by atoms with Crippen LogP contribution in [0.25, 0.3) is 0 Å². The van der Waals surface area contributed by atoms with Gasteiger partial charge in [-0.3, -0.25) is 9.59 Å². The first-order chi connectivity index (χ1) is 12.4. The van der Waals surface area contributed by atoms with Gasteiger partial charge in [0.15, 0.2) is 0 Å². The molecule has 1 aliphatic heterocycles. The molecule has 0 aliphatic carbocycles. The van der Waals surface area contributed by atoms with Gasteiger partial charge >= 0.3 is 0 Å². The van der Waals surface area contributed by atoms with Crippen molar-refractivity contribution in [1.29, 1.82) is 0 Å². The molecule has 136 valence electrons. The standard InChI is InChI=1S/C21H23ClN2O2/c1-14-10-15(2)12-17(11-14)21(26)24-9-3-4-16(13-24)20(25)23-19-7-5-18(22)6-8-19/h5-8,10-12,16H,3-4,9,13H2,1-2H3,(H,23,25). The highest BCUT2D eigenvalue weighted by Crippen LogP contribution is 2.22. The summed E-state index contributed by atoms with van der Waals surface area (Å²) in [5.74, 6) is -0.250. The Morgan fingerprint density at radius 1 is 1.08 bits per heavy atom. The number of anilines is 1. The number of hydrogen-bond donors (Lipinski definition) is 1. The van der Waals surface area contributed by atoms with E-state index in [-0.39, 0.29) is 17.7 Å². The molecule has 0 radical (unpaired) electrons. The van der Waals surface area contributed by atoms with Gasteiger partial charge in [0, 0.05) is 29.4 Å². The molecule has 26 heavy (non-hydrogen) atoms. The molecule has 2 amide bonds. The summed E-state index contributed by atoms with van der Waals surface area (Å²) in [4.78, 5) is 27.2. The van der Waals surface area contributed by atoms with Crippen molar-refractivity contribution in [1.82, 2.24) is 4.90 Å². The normalized spacial score (nSPS) is 17.0. The molecular weight excluding hydrogens is 348 g/mol. The van der Waals surface area contributed by atoms with Crippen LogP contribution in [0, 0.1) is 19.8 Å². The second kappa shape index (κ2) is 7.92. The van der Waals surface area contributed by atoms with Crippen LogP contribution in [0.15, 0.2) is 42.5 Å². The molecule has 5 heteroatoms. The molecular formula is C21H23ClN2O2. The monoisotopic (exact) mass is 370 g/mol. The maximum Gasteiger partial charge on any atom is 0.253 e. The minimum absolute atomic E-state index is 0.000734. The molecule has 1 saturated heterocycles. The Bertz CT molecular complexity index is 797. The molecule has 0 spiro atoms. The Kier molecular flexibility index (Phi) is 5.62. The third-order valence-corrected chi connectivity index (χ3v) is 4.91. The van der Waals surface area contributed by atoms with Crippen LogP contribution in [-0.2, 0) is 4.79 Å². The number of nitrogens with zero attached hydrogens (tertiary/aromatic N) is 1. The van der Waals surface area contributed by atoms with E-state index in [0.717, 1.165) is 29.7 Å². The third kappa shape index (κ3) is 4.44. The fraction of sp³-hybridized carbons (Fsp3) is 0.333. The molecule has 1 N–H and O–H groups in total. The maximum atomic E-state index is 12.8. The average molecular weight is 371 g/mol. The first-order valence-corrected chi connectivity index (χ1v) is 9.24. The zero-order chi connectivity index (χ0) is 18.7. The molecule has 1 fully saturated rings. The number of halogens is 1. The molecule has 1 unspecified atom stereocenters. The number of amides is 2. The van der Waals surface area contributed by atoms with Gasteiger partial charge in [-0.2, -0.15) is 0 Å².